The molecule has 0 unspecified atom stereocenters. The standard InChI is InChI=1S/C16H16N6O/c1-10(18-22-21-17)11-7-8-14-13(9-11)16(20-19-14)12-5-3-4-6-15(12)23-2/h3-9H,1H2,2H3,(H2,17,22)(H,18,21)(H,19,20). The van der Waals surface area contributed by atoms with E-state index in [4.69, 9.17) is 10.6 Å². The number of methoxy groups -OCH3 is 1. The number of H-pyrrole nitrogens is 1. The summed E-state index contributed by atoms with van der Waals surface area (Å²) in [6.45, 7) is 3.91. The van der Waals surface area contributed by atoms with Crippen molar-refractivity contribution in [1.82, 2.24) is 15.6 Å². The van der Waals surface area contributed by atoms with Crippen LogP contribution in [0, 0.1) is 0 Å². The van der Waals surface area contributed by atoms with E-state index >= 15 is 0 Å². The molecule has 0 amide bonds. The average Bonchev–Trinajstić information content (AvgIpc) is 3.02. The number of fused-ring (bicyclic) bond motifs is 1. The molecule has 7 nitrogen and oxygen atoms in total. The van der Waals surface area contributed by atoms with Crippen LogP contribution in [0.15, 0.2) is 59.5 Å². The Bertz CT molecular complexity index is 883. The van der Waals surface area contributed by atoms with E-state index in [1.165, 1.54) is 0 Å². The second-order valence-corrected chi connectivity index (χ2v) is 4.84. The van der Waals surface area contributed by atoms with E-state index in [-0.39, 0.29) is 0 Å². The molecule has 7 heteroatoms. The summed E-state index contributed by atoms with van der Waals surface area (Å²) in [5.41, 5.74) is 6.77. The van der Waals surface area contributed by atoms with Crippen molar-refractivity contribution in [3.05, 3.63) is 54.6 Å². The summed E-state index contributed by atoms with van der Waals surface area (Å²) in [4.78, 5) is 0. The molecule has 4 N–H and O–H groups in total. The van der Waals surface area contributed by atoms with E-state index in [2.05, 4.69) is 32.6 Å². The van der Waals surface area contributed by atoms with Gasteiger partial charge in [0.25, 0.3) is 0 Å². The number of nitrogens with zero attached hydrogens (tertiary/aromatic N) is 3. The van der Waals surface area contributed by atoms with Crippen molar-refractivity contribution in [2.75, 3.05) is 7.11 Å². The fourth-order valence-electron chi connectivity index (χ4n) is 2.40. The third kappa shape index (κ3) is 2.71. The van der Waals surface area contributed by atoms with Gasteiger partial charge in [0.15, 0.2) is 0 Å². The van der Waals surface area contributed by atoms with Gasteiger partial charge in [-0.3, -0.25) is 10.5 Å². The van der Waals surface area contributed by atoms with Gasteiger partial charge in [0.05, 0.1) is 18.3 Å². The third-order valence-electron chi connectivity index (χ3n) is 3.52. The maximum atomic E-state index is 5.42. The molecule has 0 radical (unpaired) electrons. The predicted octanol–water partition coefficient (Wildman–Crippen LogP) is 3.04. The van der Waals surface area contributed by atoms with Crippen LogP contribution in [0.25, 0.3) is 27.9 Å². The highest BCUT2D eigenvalue weighted by Crippen LogP contribution is 2.33. The second kappa shape index (κ2) is 6.18. The topological polar surface area (TPSA) is 101 Å². The first-order valence-electron chi connectivity index (χ1n) is 6.91. The highest BCUT2D eigenvalue weighted by atomic mass is 16.5. The summed E-state index contributed by atoms with van der Waals surface area (Å²) in [5, 5.41) is 15.1. The summed E-state index contributed by atoms with van der Waals surface area (Å²) >= 11 is 0. The molecule has 0 fully saturated rings. The van der Waals surface area contributed by atoms with Crippen LogP contribution >= 0.6 is 0 Å². The van der Waals surface area contributed by atoms with Crippen LogP contribution in [0.1, 0.15) is 5.56 Å². The molecule has 1 heterocycles. The SMILES string of the molecule is C=C(N/N=N\N)c1ccc2[nH]nc(-c3ccccc3OC)c2c1. The summed E-state index contributed by atoms with van der Waals surface area (Å²) in [5.74, 6) is 5.75. The lowest BCUT2D eigenvalue weighted by molar-refractivity contribution is 0.416. The van der Waals surface area contributed by atoms with Crippen LogP contribution < -0.4 is 16.0 Å². The zero-order valence-corrected chi connectivity index (χ0v) is 12.6. The van der Waals surface area contributed by atoms with Crippen molar-refractivity contribution >= 4 is 16.6 Å². The van der Waals surface area contributed by atoms with Gasteiger partial charge < -0.3 is 10.6 Å². The lowest BCUT2D eigenvalue weighted by atomic mass is 10.0. The van der Waals surface area contributed by atoms with E-state index in [0.29, 0.717) is 5.70 Å². The van der Waals surface area contributed by atoms with Crippen molar-refractivity contribution in [2.24, 2.45) is 16.3 Å². The van der Waals surface area contributed by atoms with Crippen LogP contribution in [0.3, 0.4) is 0 Å². The minimum Gasteiger partial charge on any atom is -0.496 e. The quantitative estimate of drug-likeness (QED) is 0.383. The van der Waals surface area contributed by atoms with Gasteiger partial charge >= 0.3 is 0 Å². The number of para-hydroxylation sites is 1. The highest BCUT2D eigenvalue weighted by molar-refractivity contribution is 5.96. The molecule has 0 saturated heterocycles. The second-order valence-electron chi connectivity index (χ2n) is 4.84. The van der Waals surface area contributed by atoms with Crippen LogP contribution in [-0.4, -0.2) is 17.3 Å². The van der Waals surface area contributed by atoms with Gasteiger partial charge in [0.1, 0.15) is 11.4 Å². The zero-order chi connectivity index (χ0) is 16.2. The number of hydrogen-bond donors (Lipinski definition) is 3. The Labute approximate surface area is 132 Å². The number of nitrogens with one attached hydrogen (secondary N) is 2. The van der Waals surface area contributed by atoms with Crippen LogP contribution in [0.2, 0.25) is 0 Å². The van der Waals surface area contributed by atoms with Crippen molar-refractivity contribution in [1.29, 1.82) is 0 Å². The first-order valence-corrected chi connectivity index (χ1v) is 6.91. The number of rotatable bonds is 5. The minimum atomic E-state index is 0.591. The molecule has 1 aromatic heterocycles. The van der Waals surface area contributed by atoms with Crippen molar-refractivity contribution in [2.45, 2.75) is 0 Å². The molecule has 0 atom stereocenters. The number of ether oxygens (including phenoxy) is 1. The molecule has 0 aliphatic heterocycles. The normalized spacial score (nSPS) is 11.0. The first kappa shape index (κ1) is 14.6. The molecule has 2 aromatic carbocycles. The van der Waals surface area contributed by atoms with Gasteiger partial charge in [-0.05, 0) is 29.8 Å². The van der Waals surface area contributed by atoms with E-state index in [1.54, 1.807) is 7.11 Å². The molecule has 0 bridgehead atoms. The Morgan fingerprint density at radius 2 is 2.13 bits per heavy atom. The average molecular weight is 308 g/mol. The molecule has 3 rings (SSSR count). The Morgan fingerprint density at radius 3 is 2.91 bits per heavy atom. The third-order valence-corrected chi connectivity index (χ3v) is 3.52. The van der Waals surface area contributed by atoms with Gasteiger partial charge in [0.2, 0.25) is 0 Å². The van der Waals surface area contributed by atoms with Crippen molar-refractivity contribution in [3.63, 3.8) is 0 Å². The molecule has 0 spiro atoms. The molecule has 0 saturated carbocycles. The smallest absolute Gasteiger partial charge is 0.128 e. The lowest BCUT2D eigenvalue weighted by Gasteiger charge is -2.07. The summed E-state index contributed by atoms with van der Waals surface area (Å²) < 4.78 is 5.42. The Morgan fingerprint density at radius 1 is 1.30 bits per heavy atom. The number of hydrogen-bond acceptors (Lipinski definition) is 4. The number of nitrogens with two attached hydrogens (primary N) is 1. The van der Waals surface area contributed by atoms with E-state index in [9.17, 15) is 0 Å². The zero-order valence-electron chi connectivity index (χ0n) is 12.6. The fraction of sp³-hybridized carbons (Fsp3) is 0.0625. The summed E-state index contributed by atoms with van der Waals surface area (Å²) in [6.07, 6.45) is 0. The van der Waals surface area contributed by atoms with E-state index < -0.39 is 0 Å². The Balaban J connectivity index is 2.10. The van der Waals surface area contributed by atoms with E-state index in [0.717, 1.165) is 33.5 Å². The fourth-order valence-corrected chi connectivity index (χ4v) is 2.40. The molecule has 0 aliphatic rings. The Hall–Kier alpha value is -3.35. The van der Waals surface area contributed by atoms with Gasteiger partial charge in [-0.25, -0.2) is 0 Å². The van der Waals surface area contributed by atoms with Crippen LogP contribution in [-0.2, 0) is 0 Å². The van der Waals surface area contributed by atoms with Crippen LogP contribution in [0.4, 0.5) is 0 Å². The molecule has 23 heavy (non-hydrogen) atoms. The van der Waals surface area contributed by atoms with Crippen molar-refractivity contribution < 1.29 is 4.74 Å². The van der Waals surface area contributed by atoms with Crippen LogP contribution in [0.5, 0.6) is 5.75 Å². The number of aromatic amines is 1. The monoisotopic (exact) mass is 308 g/mol. The number of benzene rings is 2. The van der Waals surface area contributed by atoms with Gasteiger partial charge in [-0.1, -0.05) is 35.2 Å². The maximum Gasteiger partial charge on any atom is 0.128 e. The highest BCUT2D eigenvalue weighted by Gasteiger charge is 2.13. The molecular formula is C16H16N6O. The summed E-state index contributed by atoms with van der Waals surface area (Å²) in [6, 6.07) is 13.6. The molecule has 116 valence electrons. The largest absolute Gasteiger partial charge is 0.496 e. The van der Waals surface area contributed by atoms with E-state index in [1.807, 2.05) is 42.5 Å². The maximum absolute atomic E-state index is 5.42. The minimum absolute atomic E-state index is 0.591. The Kier molecular flexibility index (Phi) is 3.92. The molecular weight excluding hydrogens is 292 g/mol. The van der Waals surface area contributed by atoms with Gasteiger partial charge in [0, 0.05) is 10.9 Å². The van der Waals surface area contributed by atoms with Gasteiger partial charge in [-0.15, -0.1) is 0 Å². The number of aromatic nitrogens is 2. The lowest BCUT2D eigenvalue weighted by Crippen LogP contribution is -2.02. The molecule has 0 aliphatic carbocycles. The summed E-state index contributed by atoms with van der Waals surface area (Å²) in [7, 11) is 1.64. The van der Waals surface area contributed by atoms with Crippen molar-refractivity contribution in [3.8, 4) is 17.0 Å². The first-order chi connectivity index (χ1) is 11.2. The van der Waals surface area contributed by atoms with Gasteiger partial charge in [-0.2, -0.15) is 5.10 Å². The molecule has 3 aromatic rings. The predicted molar refractivity (Wildman–Crippen MR) is 89.3 cm³/mol.